The molecule has 1 saturated carbocycles. The molecule has 1 amide bonds. The number of nitrogens with zero attached hydrogens (tertiary/aromatic N) is 6. The second-order valence-corrected chi connectivity index (χ2v) is 18.4. The summed E-state index contributed by atoms with van der Waals surface area (Å²) in [6, 6.07) is 2.06. The Labute approximate surface area is 280 Å². The van der Waals surface area contributed by atoms with Crippen LogP contribution in [0.15, 0.2) is 24.9 Å². The van der Waals surface area contributed by atoms with E-state index in [4.69, 9.17) is 28.3 Å². The molecule has 1 aliphatic carbocycles. The lowest BCUT2D eigenvalue weighted by Gasteiger charge is -2.58. The van der Waals surface area contributed by atoms with Crippen LogP contribution in [0.3, 0.4) is 0 Å². The molecule has 46 heavy (non-hydrogen) atoms. The molecule has 6 heterocycles. The van der Waals surface area contributed by atoms with Crippen molar-refractivity contribution in [2.45, 2.75) is 58.0 Å². The van der Waals surface area contributed by atoms with Gasteiger partial charge in [0.05, 0.1) is 39.3 Å². The number of nitrogens with one attached hydrogen (secondary N) is 1. The number of hydrogen-bond donors (Lipinski definition) is 1. The number of aromatic nitrogens is 4. The number of hydrogen-bond acceptors (Lipinski definition) is 7. The Balaban J connectivity index is 1.09. The molecule has 1 aromatic carbocycles. The van der Waals surface area contributed by atoms with Crippen LogP contribution in [0.4, 0.5) is 5.82 Å². The molecule has 4 saturated heterocycles. The zero-order chi connectivity index (χ0) is 32.4. The maximum atomic E-state index is 12.1. The fraction of sp³-hybridized carbons (Fsp3) is 0.606. The highest BCUT2D eigenvalue weighted by Crippen LogP contribution is 2.56. The summed E-state index contributed by atoms with van der Waals surface area (Å²) in [7, 11) is -2.81. The van der Waals surface area contributed by atoms with E-state index in [1.54, 1.807) is 0 Å². The van der Waals surface area contributed by atoms with Crippen molar-refractivity contribution < 1.29 is 13.2 Å². The van der Waals surface area contributed by atoms with Gasteiger partial charge in [-0.15, -0.1) is 0 Å². The van der Waals surface area contributed by atoms with Crippen molar-refractivity contribution in [3.63, 3.8) is 0 Å². The van der Waals surface area contributed by atoms with Gasteiger partial charge in [-0.25, -0.2) is 8.42 Å². The molecule has 5 fully saturated rings. The number of sulfone groups is 1. The molecule has 2 aromatic heterocycles. The Hall–Kier alpha value is -2.60. The number of piperidine rings is 1. The number of carbonyl (C=O) groups excluding carboxylic acids is 1. The topological polar surface area (TPSA) is 107 Å². The van der Waals surface area contributed by atoms with Crippen LogP contribution in [-0.2, 0) is 14.6 Å². The van der Waals surface area contributed by atoms with Gasteiger partial charge in [-0.3, -0.25) is 14.6 Å². The molecule has 0 radical (unpaired) electrons. The number of H-pyrrole nitrogens is 1. The van der Waals surface area contributed by atoms with E-state index in [2.05, 4.69) is 52.0 Å². The van der Waals surface area contributed by atoms with Gasteiger partial charge in [-0.05, 0) is 64.5 Å². The average molecular weight is 687 g/mol. The molecule has 1 N–H and O–H groups in total. The number of likely N-dealkylation sites (tertiary alicyclic amines) is 2. The summed E-state index contributed by atoms with van der Waals surface area (Å²) in [4.78, 5) is 18.9. The van der Waals surface area contributed by atoms with Crippen LogP contribution < -0.4 is 4.90 Å². The second kappa shape index (κ2) is 10.2. The molecule has 4 aliphatic heterocycles. The highest BCUT2D eigenvalue weighted by atomic mass is 35.5. The van der Waals surface area contributed by atoms with E-state index in [9.17, 15) is 13.2 Å². The number of aromatic amines is 1. The van der Waals surface area contributed by atoms with Gasteiger partial charge in [0.15, 0.2) is 15.7 Å². The smallest absolute Gasteiger partial charge is 0.245 e. The number of carbonyl (C=O) groups is 1. The lowest BCUT2D eigenvalue weighted by molar-refractivity contribution is -0.149. The number of halogens is 2. The van der Waals surface area contributed by atoms with Gasteiger partial charge in [0.2, 0.25) is 5.91 Å². The van der Waals surface area contributed by atoms with Crippen molar-refractivity contribution in [1.82, 2.24) is 29.8 Å². The molecule has 10 nitrogen and oxygen atoms in total. The Morgan fingerprint density at radius 3 is 2.48 bits per heavy atom. The third kappa shape index (κ3) is 4.74. The lowest BCUT2D eigenvalue weighted by atomic mass is 9.60. The summed E-state index contributed by atoms with van der Waals surface area (Å²) >= 11 is 13.7. The molecule has 2 spiro atoms. The summed E-state index contributed by atoms with van der Waals surface area (Å²) in [5.41, 5.74) is 3.74. The van der Waals surface area contributed by atoms with Crippen molar-refractivity contribution in [3.8, 4) is 11.1 Å². The SMILES string of the molecule is C=CC(=O)N1CC2(CC(n3nc(N4CC[C@@H](CN5CC6(C5)CS(=O)(=O)C6)CC4(C)C)c(-c4c(Cl)c(Cl)cc5[nH]ncc45)c3C)C2)C1. The molecule has 0 unspecified atom stereocenters. The van der Waals surface area contributed by atoms with Crippen molar-refractivity contribution in [1.29, 1.82) is 0 Å². The summed E-state index contributed by atoms with van der Waals surface area (Å²) in [5, 5.41) is 14.7. The number of rotatable bonds is 6. The van der Waals surface area contributed by atoms with E-state index in [0.717, 1.165) is 98.5 Å². The van der Waals surface area contributed by atoms with E-state index in [1.807, 2.05) is 17.2 Å². The largest absolute Gasteiger partial charge is 0.349 e. The lowest BCUT2D eigenvalue weighted by Crippen LogP contribution is -2.69. The molecule has 0 bridgehead atoms. The van der Waals surface area contributed by atoms with Gasteiger partial charge < -0.3 is 14.7 Å². The zero-order valence-electron chi connectivity index (χ0n) is 26.7. The first-order valence-electron chi connectivity index (χ1n) is 16.2. The molecule has 13 heteroatoms. The third-order valence-electron chi connectivity index (χ3n) is 11.5. The summed E-state index contributed by atoms with van der Waals surface area (Å²) in [5.74, 6) is 2.16. The van der Waals surface area contributed by atoms with Gasteiger partial charge >= 0.3 is 0 Å². The van der Waals surface area contributed by atoms with Crippen LogP contribution >= 0.6 is 23.2 Å². The maximum absolute atomic E-state index is 12.1. The minimum Gasteiger partial charge on any atom is -0.349 e. The van der Waals surface area contributed by atoms with Crippen LogP contribution in [0, 0.1) is 23.7 Å². The zero-order valence-corrected chi connectivity index (χ0v) is 29.0. The predicted molar refractivity (Wildman–Crippen MR) is 181 cm³/mol. The maximum Gasteiger partial charge on any atom is 0.245 e. The molecule has 1 atom stereocenters. The quantitative estimate of drug-likeness (QED) is 0.359. The van der Waals surface area contributed by atoms with Crippen LogP contribution in [-0.4, -0.2) is 100 Å². The number of anilines is 1. The van der Waals surface area contributed by atoms with Crippen LogP contribution in [0.2, 0.25) is 10.0 Å². The first-order valence-corrected chi connectivity index (χ1v) is 18.8. The molecule has 8 rings (SSSR count). The van der Waals surface area contributed by atoms with Crippen LogP contribution in [0.5, 0.6) is 0 Å². The van der Waals surface area contributed by atoms with Gasteiger partial charge in [-0.2, -0.15) is 10.2 Å². The number of fused-ring (bicyclic) bond motifs is 1. The summed E-state index contributed by atoms with van der Waals surface area (Å²) in [6.07, 6.45) is 7.20. The van der Waals surface area contributed by atoms with E-state index in [0.29, 0.717) is 27.5 Å². The molecule has 5 aliphatic rings. The molecular weight excluding hydrogens is 645 g/mol. The third-order valence-corrected chi connectivity index (χ3v) is 14.4. The highest BCUT2D eigenvalue weighted by molar-refractivity contribution is 7.92. The van der Waals surface area contributed by atoms with Gasteiger partial charge in [-0.1, -0.05) is 29.8 Å². The Morgan fingerprint density at radius 1 is 1.11 bits per heavy atom. The van der Waals surface area contributed by atoms with E-state index in [-0.39, 0.29) is 28.3 Å². The molecular formula is C33H41Cl2N7O3S. The predicted octanol–water partition coefficient (Wildman–Crippen LogP) is 5.12. The Morgan fingerprint density at radius 2 is 1.83 bits per heavy atom. The summed E-state index contributed by atoms with van der Waals surface area (Å²) in [6.45, 7) is 15.6. The average Bonchev–Trinajstić information content (AvgIpc) is 3.49. The standard InChI is InChI=1S/C33H41Cl2N7O3S/c1-5-26(43)40-16-32(17-40)10-22(11-32)42-20(2)27(28-23-12-36-37-25(23)8-24(34)29(28)35)30(38-42)41-7-6-21(9-31(41,3)4)13-39-14-33(15-39)18-46(44,45)19-33/h5,8,12,21-22H,1,6-7,9-11,13-19H2,2-4H3,(H,36,37)/t21-/m1/s1. The monoisotopic (exact) mass is 685 g/mol. The van der Waals surface area contributed by atoms with Crippen LogP contribution in [0.25, 0.3) is 22.0 Å². The molecule has 246 valence electrons. The second-order valence-electron chi connectivity index (χ2n) is 15.6. The first kappa shape index (κ1) is 30.7. The van der Waals surface area contributed by atoms with Crippen molar-refractivity contribution in [3.05, 3.63) is 40.7 Å². The van der Waals surface area contributed by atoms with Crippen molar-refractivity contribution in [2.24, 2.45) is 16.7 Å². The molecule has 3 aromatic rings. The normalized spacial score (nSPS) is 26.1. The fourth-order valence-electron chi connectivity index (χ4n) is 9.59. The van der Waals surface area contributed by atoms with E-state index < -0.39 is 9.84 Å². The van der Waals surface area contributed by atoms with Gasteiger partial charge in [0, 0.05) is 77.8 Å². The van der Waals surface area contributed by atoms with E-state index >= 15 is 0 Å². The number of benzene rings is 1. The van der Waals surface area contributed by atoms with Crippen molar-refractivity contribution >= 4 is 55.7 Å². The number of amides is 1. The minimum atomic E-state index is -2.81. The Bertz CT molecular complexity index is 1870. The van der Waals surface area contributed by atoms with Crippen LogP contribution in [0.1, 0.15) is 51.3 Å². The highest BCUT2D eigenvalue weighted by Gasteiger charge is 2.57. The Kier molecular flexibility index (Phi) is 6.81. The summed E-state index contributed by atoms with van der Waals surface area (Å²) < 4.78 is 25.8. The van der Waals surface area contributed by atoms with E-state index in [1.165, 1.54) is 6.08 Å². The van der Waals surface area contributed by atoms with Gasteiger partial charge in [0.25, 0.3) is 0 Å². The fourth-order valence-corrected chi connectivity index (χ4v) is 12.2. The van der Waals surface area contributed by atoms with Crippen molar-refractivity contribution in [2.75, 3.05) is 55.7 Å². The van der Waals surface area contributed by atoms with Gasteiger partial charge in [0.1, 0.15) is 0 Å². The first-order chi connectivity index (χ1) is 21.7. The minimum absolute atomic E-state index is 0.00359.